The summed E-state index contributed by atoms with van der Waals surface area (Å²) in [6, 6.07) is 16.0. The van der Waals surface area contributed by atoms with Gasteiger partial charge < -0.3 is 14.4 Å². The van der Waals surface area contributed by atoms with Crippen LogP contribution in [0.5, 0.6) is 0 Å². The molecule has 0 atom stereocenters. The van der Waals surface area contributed by atoms with Crippen LogP contribution in [0.2, 0.25) is 10.0 Å². The van der Waals surface area contributed by atoms with Crippen molar-refractivity contribution in [2.45, 2.75) is 13.3 Å². The molecule has 0 saturated carbocycles. The molecule has 0 saturated heterocycles. The third kappa shape index (κ3) is 6.32. The summed E-state index contributed by atoms with van der Waals surface area (Å²) in [6.07, 6.45) is 3.22. The Labute approximate surface area is 226 Å². The number of anilines is 2. The number of benzene rings is 2. The number of fused-ring (bicyclic) bond motifs is 1. The Morgan fingerprint density at radius 2 is 1.73 bits per heavy atom. The minimum Gasteiger partial charge on any atom is -0.748 e. The summed E-state index contributed by atoms with van der Waals surface area (Å²) in [5.74, 6) is 0.0385. The van der Waals surface area contributed by atoms with E-state index >= 15 is 0 Å². The first-order chi connectivity index (χ1) is 17.6. The average molecular weight is 553 g/mol. The summed E-state index contributed by atoms with van der Waals surface area (Å²) in [6.45, 7) is 10.0. The second-order valence-electron chi connectivity index (χ2n) is 7.80. The van der Waals surface area contributed by atoms with Gasteiger partial charge in [0, 0.05) is 24.4 Å². The molecule has 1 aliphatic rings. The third-order valence-corrected chi connectivity index (χ3v) is 7.06. The van der Waals surface area contributed by atoms with Crippen LogP contribution in [0.3, 0.4) is 0 Å². The van der Waals surface area contributed by atoms with E-state index in [2.05, 4.69) is 10.9 Å². The molecule has 37 heavy (non-hydrogen) atoms. The first-order valence-electron chi connectivity index (χ1n) is 11.0. The van der Waals surface area contributed by atoms with Gasteiger partial charge in [0.25, 0.3) is 5.70 Å². The molecule has 0 aliphatic carbocycles. The van der Waals surface area contributed by atoms with Crippen LogP contribution in [0.25, 0.3) is 10.4 Å². The summed E-state index contributed by atoms with van der Waals surface area (Å²) in [4.78, 5) is 7.01. The van der Waals surface area contributed by atoms with Gasteiger partial charge in [-0.2, -0.15) is 5.26 Å². The highest BCUT2D eigenvalue weighted by atomic mass is 35.5. The summed E-state index contributed by atoms with van der Waals surface area (Å²) >= 11 is 12.5. The second kappa shape index (κ2) is 12.0. The second-order valence-corrected chi connectivity index (χ2v) is 10.1. The van der Waals surface area contributed by atoms with Crippen LogP contribution in [-0.2, 0) is 10.1 Å². The molecular formula is C26H20Cl2N5O3S-. The third-order valence-electron chi connectivity index (χ3n) is 5.55. The molecule has 2 aromatic carbocycles. The molecular weight excluding hydrogens is 533 g/mol. The van der Waals surface area contributed by atoms with Gasteiger partial charge >= 0.3 is 0 Å². The SMILES string of the molecule is [C-]#[N+]/C(C#N)=C(/C(C#N)=C/C=C1\N(CC)c2cc(Cl)c(Cl)cc2N1CCCS(=O)(=O)[O-])c1ccccc1. The minimum atomic E-state index is -4.41. The predicted molar refractivity (Wildman–Crippen MR) is 143 cm³/mol. The van der Waals surface area contributed by atoms with Gasteiger partial charge in [0.1, 0.15) is 5.82 Å². The summed E-state index contributed by atoms with van der Waals surface area (Å²) in [5, 5.41) is 20.2. The molecule has 0 fully saturated rings. The molecule has 0 aromatic heterocycles. The van der Waals surface area contributed by atoms with Crippen molar-refractivity contribution in [2.24, 2.45) is 0 Å². The fourth-order valence-electron chi connectivity index (χ4n) is 3.99. The highest BCUT2D eigenvalue weighted by Crippen LogP contribution is 2.45. The van der Waals surface area contributed by atoms with Crippen molar-refractivity contribution in [3.8, 4) is 12.1 Å². The van der Waals surface area contributed by atoms with E-state index in [9.17, 15) is 23.5 Å². The van der Waals surface area contributed by atoms with Crippen molar-refractivity contribution in [2.75, 3.05) is 28.6 Å². The molecule has 0 bridgehead atoms. The van der Waals surface area contributed by atoms with Crippen LogP contribution in [0.4, 0.5) is 11.4 Å². The normalized spacial score (nSPS) is 15.1. The number of rotatable bonds is 8. The van der Waals surface area contributed by atoms with Gasteiger partial charge in [0.05, 0.1) is 55.8 Å². The van der Waals surface area contributed by atoms with Crippen molar-refractivity contribution in [1.29, 1.82) is 10.5 Å². The van der Waals surface area contributed by atoms with Crippen molar-refractivity contribution >= 4 is 50.3 Å². The highest BCUT2D eigenvalue weighted by Gasteiger charge is 2.31. The van der Waals surface area contributed by atoms with E-state index in [0.717, 1.165) is 5.69 Å². The zero-order valence-electron chi connectivity index (χ0n) is 19.6. The Bertz CT molecular complexity index is 1510. The van der Waals surface area contributed by atoms with Crippen molar-refractivity contribution in [1.82, 2.24) is 0 Å². The lowest BCUT2D eigenvalue weighted by Gasteiger charge is -2.24. The Kier molecular flexibility index (Phi) is 8.99. The number of hydrogen-bond acceptors (Lipinski definition) is 7. The van der Waals surface area contributed by atoms with Crippen molar-refractivity contribution in [3.63, 3.8) is 0 Å². The Morgan fingerprint density at radius 3 is 2.24 bits per heavy atom. The predicted octanol–water partition coefficient (Wildman–Crippen LogP) is 5.72. The van der Waals surface area contributed by atoms with Crippen LogP contribution in [0, 0.1) is 29.2 Å². The molecule has 0 unspecified atom stereocenters. The smallest absolute Gasteiger partial charge is 0.270 e. The fourth-order valence-corrected chi connectivity index (χ4v) is 4.79. The fraction of sp³-hybridized carbons (Fsp3) is 0.192. The number of nitrogens with zero attached hydrogens (tertiary/aromatic N) is 5. The summed E-state index contributed by atoms with van der Waals surface area (Å²) in [7, 11) is -4.41. The zero-order valence-corrected chi connectivity index (χ0v) is 22.0. The topological polar surface area (TPSA) is 116 Å². The first-order valence-corrected chi connectivity index (χ1v) is 13.4. The first kappa shape index (κ1) is 27.8. The molecule has 188 valence electrons. The molecule has 0 amide bonds. The number of nitriles is 2. The molecule has 1 heterocycles. The molecule has 0 radical (unpaired) electrons. The lowest BCUT2D eigenvalue weighted by molar-refractivity contribution is 0.461. The van der Waals surface area contributed by atoms with Crippen LogP contribution in [0.15, 0.2) is 71.7 Å². The van der Waals surface area contributed by atoms with E-state index in [1.165, 1.54) is 6.08 Å². The van der Waals surface area contributed by atoms with Gasteiger partial charge in [-0.3, -0.25) is 0 Å². The van der Waals surface area contributed by atoms with E-state index in [4.69, 9.17) is 29.8 Å². The maximum atomic E-state index is 11.2. The van der Waals surface area contributed by atoms with Gasteiger partial charge in [-0.1, -0.05) is 53.5 Å². The number of hydrogen-bond donors (Lipinski definition) is 0. The Hall–Kier alpha value is -3.78. The molecule has 2 aromatic rings. The quantitative estimate of drug-likeness (QED) is 0.178. The lowest BCUT2D eigenvalue weighted by Crippen LogP contribution is -2.29. The van der Waals surface area contributed by atoms with Crippen LogP contribution < -0.4 is 9.80 Å². The van der Waals surface area contributed by atoms with Gasteiger partial charge in [-0.05, 0) is 43.2 Å². The maximum absolute atomic E-state index is 11.2. The van der Waals surface area contributed by atoms with Crippen LogP contribution >= 0.6 is 23.2 Å². The molecule has 0 N–H and O–H groups in total. The average Bonchev–Trinajstić information content (AvgIpc) is 3.15. The van der Waals surface area contributed by atoms with E-state index in [1.54, 1.807) is 53.4 Å². The summed E-state index contributed by atoms with van der Waals surface area (Å²) < 4.78 is 33.6. The highest BCUT2D eigenvalue weighted by molar-refractivity contribution is 7.85. The Balaban J connectivity index is 2.17. The zero-order chi connectivity index (χ0) is 27.2. The van der Waals surface area contributed by atoms with Gasteiger partial charge in [-0.25, -0.2) is 18.5 Å². The molecule has 3 rings (SSSR count). The number of halogens is 2. The lowest BCUT2D eigenvalue weighted by atomic mass is 9.96. The molecule has 11 heteroatoms. The van der Waals surface area contributed by atoms with E-state index in [-0.39, 0.29) is 29.8 Å². The molecule has 0 spiro atoms. The van der Waals surface area contributed by atoms with Crippen molar-refractivity contribution < 1.29 is 13.0 Å². The maximum Gasteiger partial charge on any atom is 0.270 e. The van der Waals surface area contributed by atoms with E-state index < -0.39 is 15.9 Å². The van der Waals surface area contributed by atoms with Crippen LogP contribution in [0.1, 0.15) is 18.9 Å². The van der Waals surface area contributed by atoms with E-state index in [1.807, 2.05) is 17.9 Å². The van der Waals surface area contributed by atoms with Gasteiger partial charge in [-0.15, -0.1) is 0 Å². The summed E-state index contributed by atoms with van der Waals surface area (Å²) in [5.41, 5.74) is 1.99. The van der Waals surface area contributed by atoms with Gasteiger partial charge in [0.15, 0.2) is 0 Å². The monoisotopic (exact) mass is 552 g/mol. The largest absolute Gasteiger partial charge is 0.748 e. The molecule has 1 aliphatic heterocycles. The van der Waals surface area contributed by atoms with E-state index in [0.29, 0.717) is 33.7 Å². The Morgan fingerprint density at radius 1 is 1.11 bits per heavy atom. The van der Waals surface area contributed by atoms with Crippen LogP contribution in [-0.4, -0.2) is 31.8 Å². The number of allylic oxidation sites excluding steroid dienone is 5. The molecule has 8 nitrogen and oxygen atoms in total. The van der Waals surface area contributed by atoms with Crippen molar-refractivity contribution in [3.05, 3.63) is 98.7 Å². The standard InChI is InChI=1S/C26H21Cl2N5O3S/c1-3-32-23-14-20(27)21(28)15-24(23)33(12-7-13-37(34,35)36)25(32)11-10-19(16-29)26(22(17-30)31-2)18-8-5-4-6-9-18/h4-6,8-11,14-15H,3,7,12-13H2,1H3,(H,34,35,36)/p-1/b19-10+,25-11+,26-22+. The van der Waals surface area contributed by atoms with Gasteiger partial charge in [0.2, 0.25) is 0 Å². The minimum absolute atomic E-state index is 0.0563.